The summed E-state index contributed by atoms with van der Waals surface area (Å²) >= 11 is 7.41. The van der Waals surface area contributed by atoms with Crippen LogP contribution in [0, 0.1) is 6.92 Å². The molecule has 1 aliphatic rings. The first kappa shape index (κ1) is 22.4. The lowest BCUT2D eigenvalue weighted by Gasteiger charge is -2.23. The number of hydrogen-bond donors (Lipinski definition) is 0. The van der Waals surface area contributed by atoms with Gasteiger partial charge in [0, 0.05) is 17.1 Å². The molecule has 0 aliphatic carbocycles. The summed E-state index contributed by atoms with van der Waals surface area (Å²) < 4.78 is 7.61. The number of aryl methyl sites for hydroxylation is 1. The minimum absolute atomic E-state index is 0.129. The summed E-state index contributed by atoms with van der Waals surface area (Å²) in [7, 11) is 0. The van der Waals surface area contributed by atoms with Crippen molar-refractivity contribution < 1.29 is 9.21 Å². The first-order valence-electron chi connectivity index (χ1n) is 10.9. The molecule has 0 bridgehead atoms. The number of thioether (sulfide) groups is 1. The SMILES string of the molecule is Cc1nnc(SC(C)C(=O)N2N=C(c3ccc(Cl)cc3)CC2c2ccco2)n1-c1ccccc1. The van der Waals surface area contributed by atoms with Crippen molar-refractivity contribution >= 4 is 35.0 Å². The van der Waals surface area contributed by atoms with E-state index in [1.165, 1.54) is 16.8 Å². The highest BCUT2D eigenvalue weighted by Crippen LogP contribution is 2.36. The van der Waals surface area contributed by atoms with Gasteiger partial charge >= 0.3 is 0 Å². The largest absolute Gasteiger partial charge is 0.467 e. The van der Waals surface area contributed by atoms with Gasteiger partial charge in [-0.2, -0.15) is 5.10 Å². The lowest BCUT2D eigenvalue weighted by molar-refractivity contribution is -0.132. The molecule has 5 rings (SSSR count). The number of rotatable bonds is 6. The van der Waals surface area contributed by atoms with Gasteiger partial charge in [-0.3, -0.25) is 9.36 Å². The Morgan fingerprint density at radius 3 is 2.56 bits per heavy atom. The highest BCUT2D eigenvalue weighted by molar-refractivity contribution is 8.00. The Balaban J connectivity index is 1.42. The van der Waals surface area contributed by atoms with Crippen LogP contribution in [-0.2, 0) is 4.79 Å². The Bertz CT molecular complexity index is 1320. The third-order valence-corrected chi connectivity index (χ3v) is 6.91. The van der Waals surface area contributed by atoms with Crippen LogP contribution in [0.25, 0.3) is 5.69 Å². The van der Waals surface area contributed by atoms with Crippen molar-refractivity contribution in [2.24, 2.45) is 5.10 Å². The Labute approximate surface area is 206 Å². The fourth-order valence-corrected chi connectivity index (χ4v) is 5.00. The van der Waals surface area contributed by atoms with Gasteiger partial charge in [0.05, 0.1) is 17.2 Å². The molecule has 34 heavy (non-hydrogen) atoms. The minimum atomic E-state index is -0.447. The summed E-state index contributed by atoms with van der Waals surface area (Å²) in [6.07, 6.45) is 2.17. The maximum Gasteiger partial charge on any atom is 0.256 e. The first-order valence-corrected chi connectivity index (χ1v) is 12.1. The van der Waals surface area contributed by atoms with E-state index in [9.17, 15) is 4.79 Å². The van der Waals surface area contributed by atoms with Crippen LogP contribution in [0.4, 0.5) is 0 Å². The van der Waals surface area contributed by atoms with E-state index < -0.39 is 5.25 Å². The van der Waals surface area contributed by atoms with Gasteiger partial charge in [-0.1, -0.05) is 53.7 Å². The Hall–Kier alpha value is -3.36. The maximum absolute atomic E-state index is 13.6. The first-order chi connectivity index (χ1) is 16.5. The van der Waals surface area contributed by atoms with E-state index in [-0.39, 0.29) is 11.9 Å². The van der Waals surface area contributed by atoms with Crippen molar-refractivity contribution in [2.75, 3.05) is 0 Å². The number of para-hydroxylation sites is 1. The predicted molar refractivity (Wildman–Crippen MR) is 132 cm³/mol. The van der Waals surface area contributed by atoms with Gasteiger partial charge in [-0.15, -0.1) is 10.2 Å². The summed E-state index contributed by atoms with van der Waals surface area (Å²) in [4.78, 5) is 13.6. The number of carbonyl (C=O) groups excluding carboxylic acids is 1. The van der Waals surface area contributed by atoms with Gasteiger partial charge in [-0.25, -0.2) is 5.01 Å². The summed E-state index contributed by atoms with van der Waals surface area (Å²) in [6, 6.07) is 20.7. The van der Waals surface area contributed by atoms with Crippen molar-refractivity contribution in [2.45, 2.75) is 36.7 Å². The number of hydrazone groups is 1. The van der Waals surface area contributed by atoms with Crippen LogP contribution in [0.2, 0.25) is 5.02 Å². The molecule has 2 atom stereocenters. The van der Waals surface area contributed by atoms with Gasteiger partial charge in [0.25, 0.3) is 5.91 Å². The fourth-order valence-electron chi connectivity index (χ4n) is 3.92. The topological polar surface area (TPSA) is 76.5 Å². The zero-order valence-corrected chi connectivity index (χ0v) is 20.2. The summed E-state index contributed by atoms with van der Waals surface area (Å²) in [5.41, 5.74) is 2.69. The molecular formula is C25H22ClN5O2S. The highest BCUT2D eigenvalue weighted by Gasteiger charge is 2.37. The number of aromatic nitrogens is 3. The molecule has 7 nitrogen and oxygen atoms in total. The quantitative estimate of drug-likeness (QED) is 0.324. The molecule has 172 valence electrons. The third kappa shape index (κ3) is 4.38. The molecule has 2 aromatic heterocycles. The van der Waals surface area contributed by atoms with Crippen LogP contribution < -0.4 is 0 Å². The predicted octanol–water partition coefficient (Wildman–Crippen LogP) is 5.68. The zero-order valence-electron chi connectivity index (χ0n) is 18.6. The normalized spacial score (nSPS) is 16.5. The van der Waals surface area contributed by atoms with Crippen molar-refractivity contribution in [1.82, 2.24) is 19.8 Å². The van der Waals surface area contributed by atoms with E-state index in [4.69, 9.17) is 21.1 Å². The second-order valence-corrected chi connectivity index (χ2v) is 9.68. The van der Waals surface area contributed by atoms with Gasteiger partial charge < -0.3 is 4.42 Å². The molecule has 3 heterocycles. The highest BCUT2D eigenvalue weighted by atomic mass is 35.5. The number of hydrogen-bond acceptors (Lipinski definition) is 6. The average molecular weight is 492 g/mol. The number of carbonyl (C=O) groups is 1. The molecule has 2 aromatic carbocycles. The molecule has 1 aliphatic heterocycles. The fraction of sp³-hybridized carbons (Fsp3) is 0.200. The van der Waals surface area contributed by atoms with Gasteiger partial charge in [0.1, 0.15) is 17.6 Å². The molecule has 0 fully saturated rings. The van der Waals surface area contributed by atoms with Crippen LogP contribution in [0.15, 0.2) is 87.7 Å². The van der Waals surface area contributed by atoms with Crippen molar-refractivity contribution in [1.29, 1.82) is 0 Å². The molecule has 2 unspecified atom stereocenters. The molecule has 0 N–H and O–H groups in total. The summed E-state index contributed by atoms with van der Waals surface area (Å²) in [5, 5.41) is 15.7. The number of furan rings is 1. The lowest BCUT2D eigenvalue weighted by atomic mass is 10.0. The standard InChI is InChI=1S/C25H22ClN5O2S/c1-16(34-25-28-27-17(2)30(25)20-7-4-3-5-8-20)24(32)31-22(23-9-6-14-33-23)15-21(29-31)18-10-12-19(26)13-11-18/h3-14,16,22H,15H2,1-2H3. The van der Waals surface area contributed by atoms with Crippen molar-refractivity contribution in [3.8, 4) is 5.69 Å². The van der Waals surface area contributed by atoms with E-state index in [0.29, 0.717) is 22.4 Å². The molecule has 0 spiro atoms. The summed E-state index contributed by atoms with van der Waals surface area (Å²) in [6.45, 7) is 3.76. The second-order valence-electron chi connectivity index (χ2n) is 7.93. The van der Waals surface area contributed by atoms with Crippen LogP contribution in [0.3, 0.4) is 0 Å². The summed E-state index contributed by atoms with van der Waals surface area (Å²) in [5.74, 6) is 1.32. The smallest absolute Gasteiger partial charge is 0.256 e. The minimum Gasteiger partial charge on any atom is -0.467 e. The molecule has 4 aromatic rings. The van der Waals surface area contributed by atoms with Crippen LogP contribution in [-0.4, -0.2) is 36.6 Å². The van der Waals surface area contributed by atoms with E-state index in [1.54, 1.807) is 6.26 Å². The van der Waals surface area contributed by atoms with E-state index in [1.807, 2.05) is 85.1 Å². The lowest BCUT2D eigenvalue weighted by Crippen LogP contribution is -2.33. The van der Waals surface area contributed by atoms with Gasteiger partial charge in [-0.05, 0) is 55.8 Å². The Kier molecular flexibility index (Phi) is 6.26. The molecule has 9 heteroatoms. The molecule has 0 saturated carbocycles. The molecule has 0 saturated heterocycles. The van der Waals surface area contributed by atoms with Gasteiger partial charge in [0.15, 0.2) is 5.16 Å². The Morgan fingerprint density at radius 1 is 1.09 bits per heavy atom. The number of benzene rings is 2. The third-order valence-electron chi connectivity index (χ3n) is 5.62. The molecule has 1 amide bonds. The maximum atomic E-state index is 13.6. The van der Waals surface area contributed by atoms with Crippen LogP contribution in [0.1, 0.15) is 36.5 Å². The van der Waals surface area contributed by atoms with E-state index >= 15 is 0 Å². The van der Waals surface area contributed by atoms with Crippen molar-refractivity contribution in [3.63, 3.8) is 0 Å². The average Bonchev–Trinajstić information content (AvgIpc) is 3.60. The van der Waals surface area contributed by atoms with E-state index in [0.717, 1.165) is 22.8 Å². The Morgan fingerprint density at radius 2 is 1.85 bits per heavy atom. The zero-order chi connectivity index (χ0) is 23.7. The number of amides is 1. The van der Waals surface area contributed by atoms with E-state index in [2.05, 4.69) is 10.2 Å². The van der Waals surface area contributed by atoms with Crippen molar-refractivity contribution in [3.05, 3.63) is 95.2 Å². The monoisotopic (exact) mass is 491 g/mol. The molecular weight excluding hydrogens is 470 g/mol. The van der Waals surface area contributed by atoms with Crippen LogP contribution >= 0.6 is 23.4 Å². The number of halogens is 1. The van der Waals surface area contributed by atoms with Gasteiger partial charge in [0.2, 0.25) is 0 Å². The number of nitrogens with zero attached hydrogens (tertiary/aromatic N) is 5. The second kappa shape index (κ2) is 9.48. The molecule has 0 radical (unpaired) electrons. The van der Waals surface area contributed by atoms with Crippen LogP contribution in [0.5, 0.6) is 0 Å².